The van der Waals surface area contributed by atoms with E-state index >= 15 is 0 Å². The van der Waals surface area contributed by atoms with E-state index in [0.717, 1.165) is 17.8 Å². The van der Waals surface area contributed by atoms with Crippen molar-refractivity contribution in [2.45, 2.75) is 40.5 Å². The maximum atomic E-state index is 3.52. The molecule has 0 aromatic rings. The SMILES string of the molecule is CCCNCC(C)CN1CCC(C(C)C)C1. The fraction of sp³-hybridized carbons (Fsp3) is 1.00. The van der Waals surface area contributed by atoms with Crippen LogP contribution >= 0.6 is 0 Å². The van der Waals surface area contributed by atoms with Gasteiger partial charge in [0, 0.05) is 13.1 Å². The molecule has 2 nitrogen and oxygen atoms in total. The molecular weight excluding hydrogens is 196 g/mol. The number of rotatable bonds is 7. The summed E-state index contributed by atoms with van der Waals surface area (Å²) < 4.78 is 0. The molecule has 1 fully saturated rings. The predicted molar refractivity (Wildman–Crippen MR) is 71.7 cm³/mol. The van der Waals surface area contributed by atoms with Gasteiger partial charge in [-0.2, -0.15) is 0 Å². The van der Waals surface area contributed by atoms with Crippen LogP contribution in [0.4, 0.5) is 0 Å². The minimum Gasteiger partial charge on any atom is -0.316 e. The summed E-state index contributed by atoms with van der Waals surface area (Å²) in [5.74, 6) is 2.59. The van der Waals surface area contributed by atoms with E-state index in [4.69, 9.17) is 0 Å². The second kappa shape index (κ2) is 7.29. The molecule has 0 bridgehead atoms. The summed E-state index contributed by atoms with van der Waals surface area (Å²) in [4.78, 5) is 2.66. The lowest BCUT2D eigenvalue weighted by atomic mass is 9.95. The minimum atomic E-state index is 0.789. The monoisotopic (exact) mass is 226 g/mol. The summed E-state index contributed by atoms with van der Waals surface area (Å²) in [6.07, 6.45) is 2.65. The van der Waals surface area contributed by atoms with Crippen molar-refractivity contribution < 1.29 is 0 Å². The summed E-state index contributed by atoms with van der Waals surface area (Å²) in [6, 6.07) is 0. The highest BCUT2D eigenvalue weighted by atomic mass is 15.1. The molecule has 1 heterocycles. The topological polar surface area (TPSA) is 15.3 Å². The molecule has 0 amide bonds. The van der Waals surface area contributed by atoms with Crippen LogP contribution < -0.4 is 5.32 Å². The first-order valence-corrected chi connectivity index (χ1v) is 7.06. The van der Waals surface area contributed by atoms with Crippen molar-refractivity contribution in [1.82, 2.24) is 10.2 Å². The molecule has 0 spiro atoms. The number of hydrogen-bond donors (Lipinski definition) is 1. The Morgan fingerprint density at radius 1 is 1.31 bits per heavy atom. The maximum absolute atomic E-state index is 3.52. The highest BCUT2D eigenvalue weighted by Crippen LogP contribution is 2.23. The summed E-state index contributed by atoms with van der Waals surface area (Å²) in [5, 5.41) is 3.52. The van der Waals surface area contributed by atoms with Gasteiger partial charge in [-0.15, -0.1) is 0 Å². The highest BCUT2D eigenvalue weighted by molar-refractivity contribution is 4.78. The smallest absolute Gasteiger partial charge is 0.00193 e. The van der Waals surface area contributed by atoms with Gasteiger partial charge in [-0.1, -0.05) is 27.7 Å². The van der Waals surface area contributed by atoms with E-state index in [1.54, 1.807) is 0 Å². The lowest BCUT2D eigenvalue weighted by molar-refractivity contribution is 0.262. The number of nitrogens with zero attached hydrogens (tertiary/aromatic N) is 1. The third-order valence-electron chi connectivity index (χ3n) is 3.74. The summed E-state index contributed by atoms with van der Waals surface area (Å²) >= 11 is 0. The predicted octanol–water partition coefficient (Wildman–Crippen LogP) is 2.60. The molecule has 0 aromatic heterocycles. The van der Waals surface area contributed by atoms with Gasteiger partial charge < -0.3 is 10.2 Å². The fourth-order valence-electron chi connectivity index (χ4n) is 2.60. The lowest BCUT2D eigenvalue weighted by Gasteiger charge is -2.22. The van der Waals surface area contributed by atoms with Gasteiger partial charge in [-0.25, -0.2) is 0 Å². The molecule has 96 valence electrons. The molecule has 16 heavy (non-hydrogen) atoms. The fourth-order valence-corrected chi connectivity index (χ4v) is 2.60. The zero-order chi connectivity index (χ0) is 12.0. The highest BCUT2D eigenvalue weighted by Gasteiger charge is 2.25. The molecule has 1 rings (SSSR count). The number of hydrogen-bond acceptors (Lipinski definition) is 2. The lowest BCUT2D eigenvalue weighted by Crippen LogP contribution is -2.32. The van der Waals surface area contributed by atoms with Gasteiger partial charge in [-0.05, 0) is 50.2 Å². The molecule has 1 saturated heterocycles. The Bertz CT molecular complexity index is 180. The van der Waals surface area contributed by atoms with E-state index in [1.165, 1.54) is 45.6 Å². The van der Waals surface area contributed by atoms with Gasteiger partial charge in [0.2, 0.25) is 0 Å². The van der Waals surface area contributed by atoms with Crippen molar-refractivity contribution in [2.75, 3.05) is 32.7 Å². The Labute approximate surface area is 102 Å². The third kappa shape index (κ3) is 4.84. The summed E-state index contributed by atoms with van der Waals surface area (Å²) in [7, 11) is 0. The van der Waals surface area contributed by atoms with Gasteiger partial charge in [0.25, 0.3) is 0 Å². The second-order valence-electron chi connectivity index (χ2n) is 5.86. The Morgan fingerprint density at radius 3 is 2.62 bits per heavy atom. The van der Waals surface area contributed by atoms with E-state index in [0.29, 0.717) is 0 Å². The Balaban J connectivity index is 2.13. The second-order valence-corrected chi connectivity index (χ2v) is 5.86. The van der Waals surface area contributed by atoms with E-state index in [-0.39, 0.29) is 0 Å². The van der Waals surface area contributed by atoms with Crippen LogP contribution in [0.1, 0.15) is 40.5 Å². The molecule has 0 saturated carbocycles. The third-order valence-corrected chi connectivity index (χ3v) is 3.74. The molecule has 0 aromatic carbocycles. The average Bonchev–Trinajstić information content (AvgIpc) is 2.66. The Morgan fingerprint density at radius 2 is 2.06 bits per heavy atom. The Kier molecular flexibility index (Phi) is 6.37. The van der Waals surface area contributed by atoms with Gasteiger partial charge in [0.15, 0.2) is 0 Å². The molecule has 1 N–H and O–H groups in total. The molecule has 1 aliphatic rings. The van der Waals surface area contributed by atoms with Gasteiger partial charge in [-0.3, -0.25) is 0 Å². The van der Waals surface area contributed by atoms with E-state index < -0.39 is 0 Å². The van der Waals surface area contributed by atoms with Gasteiger partial charge in [0.1, 0.15) is 0 Å². The van der Waals surface area contributed by atoms with Crippen molar-refractivity contribution in [2.24, 2.45) is 17.8 Å². The van der Waals surface area contributed by atoms with Crippen LogP contribution in [0.25, 0.3) is 0 Å². The minimum absolute atomic E-state index is 0.789. The van der Waals surface area contributed by atoms with Crippen molar-refractivity contribution >= 4 is 0 Å². The van der Waals surface area contributed by atoms with Crippen LogP contribution in [-0.2, 0) is 0 Å². The van der Waals surface area contributed by atoms with Crippen LogP contribution in [0.2, 0.25) is 0 Å². The molecule has 2 atom stereocenters. The zero-order valence-electron chi connectivity index (χ0n) is 11.6. The maximum Gasteiger partial charge on any atom is 0.00193 e. The quantitative estimate of drug-likeness (QED) is 0.671. The molecule has 0 aliphatic carbocycles. The van der Waals surface area contributed by atoms with Crippen LogP contribution in [0.5, 0.6) is 0 Å². The molecule has 0 radical (unpaired) electrons. The van der Waals surface area contributed by atoms with E-state index in [2.05, 4.69) is 37.9 Å². The van der Waals surface area contributed by atoms with Crippen LogP contribution in [0.15, 0.2) is 0 Å². The van der Waals surface area contributed by atoms with E-state index in [9.17, 15) is 0 Å². The van der Waals surface area contributed by atoms with E-state index in [1.807, 2.05) is 0 Å². The normalized spacial score (nSPS) is 24.2. The van der Waals surface area contributed by atoms with Crippen molar-refractivity contribution in [1.29, 1.82) is 0 Å². The average molecular weight is 226 g/mol. The zero-order valence-corrected chi connectivity index (χ0v) is 11.6. The van der Waals surface area contributed by atoms with Crippen molar-refractivity contribution in [3.8, 4) is 0 Å². The van der Waals surface area contributed by atoms with Crippen LogP contribution in [0.3, 0.4) is 0 Å². The first kappa shape index (κ1) is 14.0. The van der Waals surface area contributed by atoms with Crippen molar-refractivity contribution in [3.63, 3.8) is 0 Å². The summed E-state index contributed by atoms with van der Waals surface area (Å²) in [6.45, 7) is 15.6. The number of likely N-dealkylation sites (tertiary alicyclic amines) is 1. The molecular formula is C14H30N2. The molecule has 1 aliphatic heterocycles. The first-order chi connectivity index (χ1) is 7.63. The van der Waals surface area contributed by atoms with Gasteiger partial charge >= 0.3 is 0 Å². The van der Waals surface area contributed by atoms with Crippen LogP contribution in [-0.4, -0.2) is 37.6 Å². The largest absolute Gasteiger partial charge is 0.316 e. The molecule has 2 unspecified atom stereocenters. The van der Waals surface area contributed by atoms with Crippen molar-refractivity contribution in [3.05, 3.63) is 0 Å². The standard InChI is InChI=1S/C14H30N2/c1-5-7-15-9-13(4)10-16-8-6-14(11-16)12(2)3/h12-15H,5-11H2,1-4H3. The van der Waals surface area contributed by atoms with Gasteiger partial charge in [0.05, 0.1) is 0 Å². The number of nitrogens with one attached hydrogen (secondary N) is 1. The Hall–Kier alpha value is -0.0800. The molecule has 2 heteroatoms. The summed E-state index contributed by atoms with van der Waals surface area (Å²) in [5.41, 5.74) is 0. The van der Waals surface area contributed by atoms with Crippen LogP contribution in [0, 0.1) is 17.8 Å². The first-order valence-electron chi connectivity index (χ1n) is 7.06.